The van der Waals surface area contributed by atoms with Gasteiger partial charge in [-0.3, -0.25) is 9.59 Å². The molecule has 6 heteroatoms. The van der Waals surface area contributed by atoms with E-state index in [1.165, 1.54) is 4.90 Å². The lowest BCUT2D eigenvalue weighted by Crippen LogP contribution is -3.06. The fraction of sp³-hybridized carbons (Fsp3) is 0.333. The van der Waals surface area contributed by atoms with Crippen LogP contribution in [0.2, 0.25) is 0 Å². The summed E-state index contributed by atoms with van der Waals surface area (Å²) in [6.45, 7) is 9.23. The third kappa shape index (κ3) is 5.34. The van der Waals surface area contributed by atoms with Crippen molar-refractivity contribution in [3.05, 3.63) is 83.4 Å². The molecule has 0 aliphatic carbocycles. The summed E-state index contributed by atoms with van der Waals surface area (Å²) in [6, 6.07) is 13.7. The first kappa shape index (κ1) is 24.3. The fourth-order valence-corrected chi connectivity index (χ4v) is 3.87. The summed E-state index contributed by atoms with van der Waals surface area (Å²) in [6.07, 6.45) is 1.64. The van der Waals surface area contributed by atoms with Gasteiger partial charge in [0.1, 0.15) is 12.4 Å². The van der Waals surface area contributed by atoms with E-state index in [4.69, 9.17) is 4.74 Å². The Morgan fingerprint density at radius 1 is 1.12 bits per heavy atom. The van der Waals surface area contributed by atoms with E-state index in [-0.39, 0.29) is 5.57 Å². The maximum absolute atomic E-state index is 13.5. The largest absolute Gasteiger partial charge is 0.872 e. The molecule has 2 aromatic carbocycles. The summed E-state index contributed by atoms with van der Waals surface area (Å²) in [5.74, 6) is -0.823. The van der Waals surface area contributed by atoms with Crippen LogP contribution in [0, 0.1) is 0 Å². The highest BCUT2D eigenvalue weighted by atomic mass is 16.5. The zero-order valence-electron chi connectivity index (χ0n) is 19.8. The molecular formula is C27H32N2O4. The standard InChI is InChI=1S/C27H32N2O4/c1-6-17-33-22-13-11-21(12-14-22)25(30)23-24(20-9-7-19(8-10-20)18(2)3)29(16-15-28(4)5)27(32)26(23)31/h6-14,18,24,30H,1,15-17H2,2-5H3/b25-23+. The van der Waals surface area contributed by atoms with Gasteiger partial charge in [0, 0.05) is 5.57 Å². The monoisotopic (exact) mass is 448 g/mol. The van der Waals surface area contributed by atoms with Crippen LogP contribution in [-0.4, -0.2) is 50.4 Å². The van der Waals surface area contributed by atoms with E-state index in [9.17, 15) is 14.7 Å². The molecule has 0 bridgehead atoms. The molecule has 33 heavy (non-hydrogen) atoms. The van der Waals surface area contributed by atoms with Crippen LogP contribution in [0.4, 0.5) is 0 Å². The molecule has 0 aromatic heterocycles. The number of benzene rings is 2. The van der Waals surface area contributed by atoms with Gasteiger partial charge in [0.25, 0.3) is 5.91 Å². The molecule has 1 N–H and O–H groups in total. The van der Waals surface area contributed by atoms with E-state index >= 15 is 0 Å². The van der Waals surface area contributed by atoms with Crippen molar-refractivity contribution in [1.82, 2.24) is 4.90 Å². The van der Waals surface area contributed by atoms with Crippen LogP contribution >= 0.6 is 0 Å². The molecule has 1 heterocycles. The topological polar surface area (TPSA) is 74.1 Å². The molecule has 0 spiro atoms. The van der Waals surface area contributed by atoms with Crippen molar-refractivity contribution >= 4 is 17.4 Å². The molecule has 1 atom stereocenters. The van der Waals surface area contributed by atoms with Gasteiger partial charge in [-0.1, -0.05) is 68.7 Å². The van der Waals surface area contributed by atoms with Gasteiger partial charge in [-0.15, -0.1) is 0 Å². The molecule has 6 nitrogen and oxygen atoms in total. The molecule has 2 aromatic rings. The molecule has 1 aliphatic rings. The van der Waals surface area contributed by atoms with Gasteiger partial charge in [0.2, 0.25) is 5.78 Å². The number of ether oxygens (including phenoxy) is 1. The number of quaternary nitrogens is 1. The van der Waals surface area contributed by atoms with Crippen molar-refractivity contribution in [3.63, 3.8) is 0 Å². The lowest BCUT2D eigenvalue weighted by Gasteiger charge is -2.28. The van der Waals surface area contributed by atoms with Gasteiger partial charge in [0.15, 0.2) is 0 Å². The van der Waals surface area contributed by atoms with Gasteiger partial charge < -0.3 is 19.6 Å². The summed E-state index contributed by atoms with van der Waals surface area (Å²) in [5, 5.41) is 13.5. The number of likely N-dealkylation sites (tertiary alicyclic amines) is 1. The normalized spacial score (nSPS) is 17.8. The molecule has 1 fully saturated rings. The van der Waals surface area contributed by atoms with Crippen molar-refractivity contribution in [2.75, 3.05) is 33.8 Å². The summed E-state index contributed by atoms with van der Waals surface area (Å²) < 4.78 is 5.48. The number of ketones is 1. The van der Waals surface area contributed by atoms with Crippen LogP contribution < -0.4 is 14.7 Å². The zero-order chi connectivity index (χ0) is 24.1. The van der Waals surface area contributed by atoms with Crippen LogP contribution in [0.1, 0.15) is 42.5 Å². The molecule has 0 saturated carbocycles. The van der Waals surface area contributed by atoms with E-state index in [2.05, 4.69) is 20.4 Å². The smallest absolute Gasteiger partial charge is 0.295 e. The number of nitrogens with zero attached hydrogens (tertiary/aromatic N) is 1. The molecule has 1 unspecified atom stereocenters. The van der Waals surface area contributed by atoms with Gasteiger partial charge >= 0.3 is 0 Å². The average molecular weight is 449 g/mol. The number of hydrogen-bond donors (Lipinski definition) is 1. The number of rotatable bonds is 9. The Balaban J connectivity index is 2.06. The molecule has 0 radical (unpaired) electrons. The van der Waals surface area contributed by atoms with Crippen molar-refractivity contribution in [3.8, 4) is 5.75 Å². The van der Waals surface area contributed by atoms with E-state index in [0.29, 0.717) is 36.9 Å². The second-order valence-corrected chi connectivity index (χ2v) is 8.88. The van der Waals surface area contributed by atoms with Crippen LogP contribution in [0.15, 0.2) is 66.8 Å². The Kier molecular flexibility index (Phi) is 7.71. The number of nitrogens with one attached hydrogen (secondary N) is 1. The first-order valence-corrected chi connectivity index (χ1v) is 11.2. The molecule has 1 saturated heterocycles. The number of carbonyl (C=O) groups is 2. The molecule has 1 amide bonds. The lowest BCUT2D eigenvalue weighted by atomic mass is 9.93. The Bertz CT molecular complexity index is 1040. The van der Waals surface area contributed by atoms with Crippen molar-refractivity contribution in [1.29, 1.82) is 0 Å². The average Bonchev–Trinajstić information content (AvgIpc) is 3.06. The predicted molar refractivity (Wildman–Crippen MR) is 127 cm³/mol. The summed E-state index contributed by atoms with van der Waals surface area (Å²) in [7, 11) is 3.97. The Hall–Kier alpha value is -3.38. The number of hydrogen-bond acceptors (Lipinski definition) is 4. The maximum atomic E-state index is 13.5. The Morgan fingerprint density at radius 2 is 1.76 bits per heavy atom. The SMILES string of the molecule is C=CCOc1ccc(/C([O-])=C2\C(=O)C(=O)N(CC[NH+](C)C)C2c2ccc(C(C)C)cc2)cc1. The highest BCUT2D eigenvalue weighted by molar-refractivity contribution is 6.46. The van der Waals surface area contributed by atoms with E-state index in [1.54, 1.807) is 30.3 Å². The number of carbonyl (C=O) groups excluding carboxylic acids is 2. The zero-order valence-corrected chi connectivity index (χ0v) is 19.8. The number of likely N-dealkylation sites (N-methyl/N-ethyl adjacent to an activating group) is 1. The van der Waals surface area contributed by atoms with E-state index in [1.807, 2.05) is 38.4 Å². The van der Waals surface area contributed by atoms with Gasteiger partial charge in [-0.25, -0.2) is 0 Å². The van der Waals surface area contributed by atoms with E-state index in [0.717, 1.165) is 16.0 Å². The third-order valence-corrected chi connectivity index (χ3v) is 5.79. The highest BCUT2D eigenvalue weighted by Gasteiger charge is 2.44. The predicted octanol–water partition coefficient (Wildman–Crippen LogP) is 1.74. The second-order valence-electron chi connectivity index (χ2n) is 8.88. The van der Waals surface area contributed by atoms with Crippen molar-refractivity contribution in [2.24, 2.45) is 0 Å². The summed E-state index contributed by atoms with van der Waals surface area (Å²) >= 11 is 0. The van der Waals surface area contributed by atoms with Crippen LogP contribution in [0.5, 0.6) is 5.75 Å². The first-order valence-electron chi connectivity index (χ1n) is 11.2. The number of Topliss-reactive ketones (excluding diaryl/α,β-unsaturated/α-hetero) is 1. The summed E-state index contributed by atoms with van der Waals surface area (Å²) in [4.78, 5) is 28.7. The fourth-order valence-electron chi connectivity index (χ4n) is 3.87. The number of amides is 1. The van der Waals surface area contributed by atoms with Crippen LogP contribution in [0.25, 0.3) is 5.76 Å². The van der Waals surface area contributed by atoms with Crippen molar-refractivity contribution in [2.45, 2.75) is 25.8 Å². The first-order chi connectivity index (χ1) is 15.7. The van der Waals surface area contributed by atoms with Gasteiger partial charge in [-0.05, 0) is 34.7 Å². The quantitative estimate of drug-likeness (QED) is 0.275. The molecule has 174 valence electrons. The molecule has 1 aliphatic heterocycles. The minimum atomic E-state index is -0.723. The Labute approximate surface area is 195 Å². The third-order valence-electron chi connectivity index (χ3n) is 5.79. The van der Waals surface area contributed by atoms with E-state index < -0.39 is 23.5 Å². The highest BCUT2D eigenvalue weighted by Crippen LogP contribution is 2.38. The molecule has 3 rings (SSSR count). The van der Waals surface area contributed by atoms with Crippen LogP contribution in [-0.2, 0) is 9.59 Å². The molecular weight excluding hydrogens is 416 g/mol. The van der Waals surface area contributed by atoms with Gasteiger partial charge in [-0.2, -0.15) is 0 Å². The summed E-state index contributed by atoms with van der Waals surface area (Å²) in [5.41, 5.74) is 2.27. The Morgan fingerprint density at radius 3 is 2.30 bits per heavy atom. The lowest BCUT2D eigenvalue weighted by molar-refractivity contribution is -0.857. The minimum absolute atomic E-state index is 0.00538. The maximum Gasteiger partial charge on any atom is 0.295 e. The van der Waals surface area contributed by atoms with Gasteiger partial charge in [0.05, 0.1) is 33.2 Å². The van der Waals surface area contributed by atoms with Crippen LogP contribution in [0.3, 0.4) is 0 Å². The van der Waals surface area contributed by atoms with Crippen molar-refractivity contribution < 1.29 is 24.3 Å². The minimum Gasteiger partial charge on any atom is -0.872 e. The second kappa shape index (κ2) is 10.5.